The SMILES string of the molecule is O.O.O.[Er].[Er]. The van der Waals surface area contributed by atoms with Gasteiger partial charge in [-0.15, -0.1) is 0 Å². The van der Waals surface area contributed by atoms with E-state index in [0.29, 0.717) is 0 Å². The minimum atomic E-state index is 0. The Morgan fingerprint density at radius 1 is 0.400 bits per heavy atom. The summed E-state index contributed by atoms with van der Waals surface area (Å²) in [5, 5.41) is 0. The Bertz CT molecular complexity index is 4.85. The van der Waals surface area contributed by atoms with E-state index in [2.05, 4.69) is 0 Å². The molecule has 0 fully saturated rings. The van der Waals surface area contributed by atoms with Crippen LogP contribution in [0.4, 0.5) is 0 Å². The van der Waals surface area contributed by atoms with Crippen molar-refractivity contribution in [2.75, 3.05) is 0 Å². The van der Waals surface area contributed by atoms with Gasteiger partial charge in [0.1, 0.15) is 0 Å². The summed E-state index contributed by atoms with van der Waals surface area (Å²) in [6.45, 7) is 0. The second kappa shape index (κ2) is 32.7. The van der Waals surface area contributed by atoms with Crippen LogP contribution in [0, 0.1) is 74.6 Å². The van der Waals surface area contributed by atoms with Crippen molar-refractivity contribution in [3.8, 4) is 0 Å². The molecule has 0 saturated carbocycles. The smallest absolute Gasteiger partial charge is 0 e. The fourth-order valence-electron chi connectivity index (χ4n) is 0. The fraction of sp³-hybridized carbons (Fsp3) is 0. The Morgan fingerprint density at radius 3 is 0.400 bits per heavy atom. The Labute approximate surface area is 89.2 Å². The molecule has 0 aromatic rings. The van der Waals surface area contributed by atoms with Crippen molar-refractivity contribution in [1.82, 2.24) is 0 Å². The molecule has 0 aromatic heterocycles. The van der Waals surface area contributed by atoms with Crippen molar-refractivity contribution >= 4 is 0 Å². The first-order valence-electron chi connectivity index (χ1n) is 0. The third kappa shape index (κ3) is 21.6. The Balaban J connectivity index is 0. The molecule has 0 spiro atoms. The van der Waals surface area contributed by atoms with Crippen LogP contribution in [-0.2, 0) is 0 Å². The Morgan fingerprint density at radius 2 is 0.400 bits per heavy atom. The molecule has 5 heteroatoms. The zero-order valence-electron chi connectivity index (χ0n) is 2.08. The van der Waals surface area contributed by atoms with Gasteiger partial charge in [-0.2, -0.15) is 0 Å². The van der Waals surface area contributed by atoms with E-state index in [1.54, 1.807) is 0 Å². The first-order chi connectivity index (χ1) is 0. The van der Waals surface area contributed by atoms with Gasteiger partial charge in [0, 0.05) is 74.6 Å². The molecule has 6 N–H and O–H groups in total. The van der Waals surface area contributed by atoms with E-state index in [1.165, 1.54) is 0 Å². The molecule has 0 unspecified atom stereocenters. The van der Waals surface area contributed by atoms with Crippen LogP contribution in [-0.4, -0.2) is 16.4 Å². The van der Waals surface area contributed by atoms with E-state index >= 15 is 0 Å². The molecule has 0 aliphatic heterocycles. The van der Waals surface area contributed by atoms with Crippen LogP contribution in [0.15, 0.2) is 0 Å². The molecule has 0 aliphatic rings. The van der Waals surface area contributed by atoms with Crippen molar-refractivity contribution < 1.29 is 91.0 Å². The molecule has 0 aromatic carbocycles. The van der Waals surface area contributed by atoms with Crippen LogP contribution in [0.5, 0.6) is 0 Å². The third-order valence-corrected chi connectivity index (χ3v) is 0. The van der Waals surface area contributed by atoms with Crippen LogP contribution >= 0.6 is 0 Å². The van der Waals surface area contributed by atoms with E-state index in [-0.39, 0.29) is 91.0 Å². The molecule has 0 amide bonds. The predicted molar refractivity (Wildman–Crippen MR) is 10.8 cm³/mol. The molecule has 5 heavy (non-hydrogen) atoms. The summed E-state index contributed by atoms with van der Waals surface area (Å²) in [7, 11) is 0. The van der Waals surface area contributed by atoms with Crippen LogP contribution in [0.3, 0.4) is 0 Å². The first kappa shape index (κ1) is 53.2. The van der Waals surface area contributed by atoms with Gasteiger partial charge in [-0.3, -0.25) is 0 Å². The van der Waals surface area contributed by atoms with Crippen molar-refractivity contribution in [3.63, 3.8) is 0 Å². The maximum atomic E-state index is 0. The fourth-order valence-corrected chi connectivity index (χ4v) is 0. The molecule has 0 rings (SSSR count). The summed E-state index contributed by atoms with van der Waals surface area (Å²) in [4.78, 5) is 0. The number of rotatable bonds is 0. The summed E-state index contributed by atoms with van der Waals surface area (Å²) >= 11 is 0. The van der Waals surface area contributed by atoms with Gasteiger partial charge in [0.2, 0.25) is 0 Å². The summed E-state index contributed by atoms with van der Waals surface area (Å²) < 4.78 is 0. The van der Waals surface area contributed by atoms with Crippen molar-refractivity contribution in [2.45, 2.75) is 0 Å². The summed E-state index contributed by atoms with van der Waals surface area (Å²) in [6, 6.07) is 0. The standard InChI is InChI=1S/2Er.3H2O/h;;3*1H2. The molecule has 0 saturated heterocycles. The van der Waals surface area contributed by atoms with E-state index in [0.717, 1.165) is 0 Å². The molecule has 48 valence electrons. The van der Waals surface area contributed by atoms with E-state index in [1.807, 2.05) is 0 Å². The third-order valence-electron chi connectivity index (χ3n) is 0. The maximum absolute atomic E-state index is 0. The van der Waals surface area contributed by atoms with E-state index in [4.69, 9.17) is 0 Å². The molecule has 0 heterocycles. The van der Waals surface area contributed by atoms with Gasteiger partial charge in [0.25, 0.3) is 0 Å². The molecular weight excluding hydrogens is 383 g/mol. The average Bonchev–Trinajstić information content (AvgIpc) is 0. The predicted octanol–water partition coefficient (Wildman–Crippen LogP) is -2.47. The number of hydrogen-bond acceptors (Lipinski definition) is 0. The first-order valence-corrected chi connectivity index (χ1v) is 0. The second-order valence-electron chi connectivity index (χ2n) is 0. The Hall–Kier alpha value is 2.37. The van der Waals surface area contributed by atoms with Crippen LogP contribution < -0.4 is 0 Å². The molecule has 0 radical (unpaired) electrons. The molecular formula is H6Er2O3. The molecule has 0 atom stereocenters. The van der Waals surface area contributed by atoms with Gasteiger partial charge in [-0.25, -0.2) is 0 Å². The Kier molecular flexibility index (Phi) is 347. The van der Waals surface area contributed by atoms with Gasteiger partial charge in [-0.1, -0.05) is 0 Å². The second-order valence-corrected chi connectivity index (χ2v) is 0. The van der Waals surface area contributed by atoms with Gasteiger partial charge >= 0.3 is 0 Å². The van der Waals surface area contributed by atoms with Gasteiger partial charge in [0.15, 0.2) is 0 Å². The summed E-state index contributed by atoms with van der Waals surface area (Å²) in [5.74, 6) is 0. The molecule has 0 bridgehead atoms. The average molecular weight is 389 g/mol. The van der Waals surface area contributed by atoms with Crippen molar-refractivity contribution in [1.29, 1.82) is 0 Å². The van der Waals surface area contributed by atoms with Gasteiger partial charge < -0.3 is 16.4 Å². The van der Waals surface area contributed by atoms with Gasteiger partial charge in [0.05, 0.1) is 0 Å². The summed E-state index contributed by atoms with van der Waals surface area (Å²) in [5.41, 5.74) is 0. The number of hydrogen-bond donors (Lipinski definition) is 0. The van der Waals surface area contributed by atoms with E-state index < -0.39 is 0 Å². The molecule has 0 aliphatic carbocycles. The zero-order valence-corrected chi connectivity index (χ0v) is 5.78. The topological polar surface area (TPSA) is 94.5 Å². The van der Waals surface area contributed by atoms with Crippen LogP contribution in [0.2, 0.25) is 0 Å². The van der Waals surface area contributed by atoms with Crippen LogP contribution in [0.25, 0.3) is 0 Å². The largest absolute Gasteiger partial charge is 0.412 e. The van der Waals surface area contributed by atoms with Gasteiger partial charge in [-0.05, 0) is 0 Å². The zero-order chi connectivity index (χ0) is 0. The minimum absolute atomic E-state index is 0. The van der Waals surface area contributed by atoms with Crippen molar-refractivity contribution in [3.05, 3.63) is 0 Å². The maximum Gasteiger partial charge on any atom is 0 e. The normalized spacial score (nSPS) is 0. The van der Waals surface area contributed by atoms with Crippen molar-refractivity contribution in [2.24, 2.45) is 0 Å². The molecule has 3 nitrogen and oxygen atoms in total. The monoisotopic (exact) mass is 386 g/mol. The van der Waals surface area contributed by atoms with Crippen LogP contribution in [0.1, 0.15) is 0 Å². The summed E-state index contributed by atoms with van der Waals surface area (Å²) in [6.07, 6.45) is 0. The minimum Gasteiger partial charge on any atom is -0.412 e. The quantitative estimate of drug-likeness (QED) is 0.440. The van der Waals surface area contributed by atoms with E-state index in [9.17, 15) is 0 Å².